The summed E-state index contributed by atoms with van der Waals surface area (Å²) >= 11 is 0. The number of aryl methyl sites for hydroxylation is 2. The summed E-state index contributed by atoms with van der Waals surface area (Å²) in [6, 6.07) is 6.58. The molecule has 0 radical (unpaired) electrons. The van der Waals surface area contributed by atoms with Crippen LogP contribution in [0.5, 0.6) is 0 Å². The Labute approximate surface area is 147 Å². The van der Waals surface area contributed by atoms with E-state index in [1.165, 1.54) is 32.1 Å². The van der Waals surface area contributed by atoms with Crippen LogP contribution in [0.15, 0.2) is 41.6 Å². The van der Waals surface area contributed by atoms with Gasteiger partial charge in [0.2, 0.25) is 0 Å². The van der Waals surface area contributed by atoms with Crippen molar-refractivity contribution in [2.45, 2.75) is 45.1 Å². The van der Waals surface area contributed by atoms with E-state index in [-0.39, 0.29) is 5.56 Å². The van der Waals surface area contributed by atoms with Gasteiger partial charge in [0.05, 0.1) is 6.20 Å². The van der Waals surface area contributed by atoms with E-state index in [0.717, 1.165) is 28.2 Å². The summed E-state index contributed by atoms with van der Waals surface area (Å²) in [5.74, 6) is 1.05. The average Bonchev–Trinajstić information content (AvgIpc) is 3.02. The Morgan fingerprint density at radius 2 is 1.92 bits per heavy atom. The second-order valence-electron chi connectivity index (χ2n) is 7.10. The Morgan fingerprint density at radius 3 is 2.68 bits per heavy atom. The largest absolute Gasteiger partial charge is 0.367 e. The topological polar surface area (TPSA) is 51.3 Å². The molecule has 3 aromatic rings. The molecule has 1 fully saturated rings. The summed E-state index contributed by atoms with van der Waals surface area (Å²) < 4.78 is 3.76. The van der Waals surface area contributed by atoms with Crippen molar-refractivity contribution in [2.75, 3.05) is 5.32 Å². The van der Waals surface area contributed by atoms with Gasteiger partial charge in [-0.15, -0.1) is 0 Å². The highest BCUT2D eigenvalue weighted by Gasteiger charge is 2.15. The van der Waals surface area contributed by atoms with E-state index in [0.29, 0.717) is 6.04 Å². The van der Waals surface area contributed by atoms with Crippen molar-refractivity contribution in [3.05, 3.63) is 52.7 Å². The first-order chi connectivity index (χ1) is 12.1. The van der Waals surface area contributed by atoms with Crippen LogP contribution in [-0.4, -0.2) is 20.0 Å². The van der Waals surface area contributed by atoms with Crippen LogP contribution in [-0.2, 0) is 7.05 Å². The van der Waals surface area contributed by atoms with Crippen molar-refractivity contribution in [1.82, 2.24) is 14.0 Å². The van der Waals surface area contributed by atoms with Gasteiger partial charge in [-0.05, 0) is 43.5 Å². The van der Waals surface area contributed by atoms with E-state index in [9.17, 15) is 4.79 Å². The second kappa shape index (κ2) is 6.39. The van der Waals surface area contributed by atoms with Gasteiger partial charge in [-0.25, -0.2) is 4.98 Å². The fraction of sp³-hybridized carbons (Fsp3) is 0.400. The van der Waals surface area contributed by atoms with Crippen LogP contribution < -0.4 is 10.9 Å². The molecular weight excluding hydrogens is 312 g/mol. The van der Waals surface area contributed by atoms with Crippen LogP contribution in [0.1, 0.15) is 37.7 Å². The Hall–Kier alpha value is -2.56. The van der Waals surface area contributed by atoms with E-state index in [2.05, 4.69) is 27.0 Å². The van der Waals surface area contributed by atoms with Gasteiger partial charge in [-0.3, -0.25) is 9.20 Å². The van der Waals surface area contributed by atoms with Gasteiger partial charge in [0, 0.05) is 36.6 Å². The molecule has 1 aliphatic carbocycles. The van der Waals surface area contributed by atoms with Gasteiger partial charge < -0.3 is 9.88 Å². The van der Waals surface area contributed by atoms with Crippen LogP contribution in [0.25, 0.3) is 16.8 Å². The molecule has 1 saturated carbocycles. The van der Waals surface area contributed by atoms with E-state index >= 15 is 0 Å². The quantitative estimate of drug-likeness (QED) is 0.792. The first-order valence-corrected chi connectivity index (χ1v) is 9.03. The smallest absolute Gasteiger partial charge is 0.253 e. The molecule has 25 heavy (non-hydrogen) atoms. The van der Waals surface area contributed by atoms with Gasteiger partial charge in [-0.1, -0.05) is 19.3 Å². The highest BCUT2D eigenvalue weighted by molar-refractivity contribution is 5.66. The SMILES string of the molecule is Cc1cc(-c2ccc3ncc(NC4CCCCC4)n3c2)cn(C)c1=O. The fourth-order valence-corrected chi connectivity index (χ4v) is 3.75. The summed E-state index contributed by atoms with van der Waals surface area (Å²) in [5, 5.41) is 3.66. The summed E-state index contributed by atoms with van der Waals surface area (Å²) in [6.07, 6.45) is 12.3. The van der Waals surface area contributed by atoms with Gasteiger partial charge in [0.25, 0.3) is 5.56 Å². The molecule has 0 saturated heterocycles. The minimum Gasteiger partial charge on any atom is -0.367 e. The summed E-state index contributed by atoms with van der Waals surface area (Å²) in [5.41, 5.74) is 3.86. The monoisotopic (exact) mass is 336 g/mol. The molecule has 5 nitrogen and oxygen atoms in total. The lowest BCUT2D eigenvalue weighted by molar-refractivity contribution is 0.461. The van der Waals surface area contributed by atoms with Crippen molar-refractivity contribution in [1.29, 1.82) is 0 Å². The third-order valence-electron chi connectivity index (χ3n) is 5.16. The highest BCUT2D eigenvalue weighted by Crippen LogP contribution is 2.25. The minimum atomic E-state index is 0.0483. The molecule has 0 spiro atoms. The zero-order valence-corrected chi connectivity index (χ0v) is 14.8. The van der Waals surface area contributed by atoms with Gasteiger partial charge >= 0.3 is 0 Å². The standard InChI is InChI=1S/C20H24N4O/c1-14-10-16(12-23(2)20(14)25)15-8-9-18-21-11-19(24(18)13-15)22-17-6-4-3-5-7-17/h8-13,17,22H,3-7H2,1-2H3. The molecule has 130 valence electrons. The van der Waals surface area contributed by atoms with E-state index in [1.807, 2.05) is 31.5 Å². The summed E-state index contributed by atoms with van der Waals surface area (Å²) in [6.45, 7) is 1.86. The molecule has 3 aromatic heterocycles. The van der Waals surface area contributed by atoms with Crippen LogP contribution in [0.4, 0.5) is 5.82 Å². The molecule has 0 aromatic carbocycles. The fourth-order valence-electron chi connectivity index (χ4n) is 3.75. The molecule has 0 aliphatic heterocycles. The maximum atomic E-state index is 11.9. The number of hydrogen-bond acceptors (Lipinski definition) is 3. The molecule has 4 rings (SSSR count). The van der Waals surface area contributed by atoms with E-state index in [4.69, 9.17) is 0 Å². The number of aromatic nitrogens is 3. The van der Waals surface area contributed by atoms with Crippen LogP contribution in [0.2, 0.25) is 0 Å². The predicted octanol–water partition coefficient (Wildman–Crippen LogP) is 3.75. The molecule has 1 N–H and O–H groups in total. The number of anilines is 1. The van der Waals surface area contributed by atoms with Crippen molar-refractivity contribution >= 4 is 11.5 Å². The molecule has 0 atom stereocenters. The highest BCUT2D eigenvalue weighted by atomic mass is 16.1. The van der Waals surface area contributed by atoms with Crippen LogP contribution in [0.3, 0.4) is 0 Å². The number of pyridine rings is 2. The Morgan fingerprint density at radius 1 is 1.12 bits per heavy atom. The van der Waals surface area contributed by atoms with E-state index in [1.54, 1.807) is 11.6 Å². The molecule has 0 amide bonds. The molecular formula is C20H24N4O. The first-order valence-electron chi connectivity index (χ1n) is 9.03. The molecule has 0 unspecified atom stereocenters. The van der Waals surface area contributed by atoms with Crippen molar-refractivity contribution in [3.63, 3.8) is 0 Å². The van der Waals surface area contributed by atoms with Crippen molar-refractivity contribution in [3.8, 4) is 11.1 Å². The number of hydrogen-bond donors (Lipinski definition) is 1. The average molecular weight is 336 g/mol. The van der Waals surface area contributed by atoms with Crippen molar-refractivity contribution < 1.29 is 0 Å². The molecule has 0 bridgehead atoms. The zero-order valence-electron chi connectivity index (χ0n) is 14.8. The third kappa shape index (κ3) is 3.06. The number of rotatable bonds is 3. The zero-order chi connectivity index (χ0) is 17.4. The number of nitrogens with one attached hydrogen (secondary N) is 1. The van der Waals surface area contributed by atoms with Crippen molar-refractivity contribution in [2.24, 2.45) is 7.05 Å². The molecule has 5 heteroatoms. The Balaban J connectivity index is 1.72. The van der Waals surface area contributed by atoms with Crippen LogP contribution in [0, 0.1) is 6.92 Å². The van der Waals surface area contributed by atoms with Gasteiger partial charge in [0.1, 0.15) is 11.5 Å². The summed E-state index contributed by atoms with van der Waals surface area (Å²) in [4.78, 5) is 16.4. The maximum absolute atomic E-state index is 11.9. The van der Waals surface area contributed by atoms with Gasteiger partial charge in [0.15, 0.2) is 0 Å². The Kier molecular flexibility index (Phi) is 4.07. The third-order valence-corrected chi connectivity index (χ3v) is 5.16. The van der Waals surface area contributed by atoms with Crippen LogP contribution >= 0.6 is 0 Å². The number of imidazole rings is 1. The molecule has 3 heterocycles. The lowest BCUT2D eigenvalue weighted by Crippen LogP contribution is -2.22. The lowest BCUT2D eigenvalue weighted by Gasteiger charge is -2.23. The van der Waals surface area contributed by atoms with Gasteiger partial charge in [-0.2, -0.15) is 0 Å². The normalized spacial score (nSPS) is 15.6. The predicted molar refractivity (Wildman–Crippen MR) is 101 cm³/mol. The minimum absolute atomic E-state index is 0.0483. The molecule has 1 aliphatic rings. The Bertz CT molecular complexity index is 937. The van der Waals surface area contributed by atoms with E-state index < -0.39 is 0 Å². The second-order valence-corrected chi connectivity index (χ2v) is 7.10. The summed E-state index contributed by atoms with van der Waals surface area (Å²) in [7, 11) is 1.80. The lowest BCUT2D eigenvalue weighted by atomic mass is 9.96. The number of fused-ring (bicyclic) bond motifs is 1. The first kappa shape index (κ1) is 15.9. The number of nitrogens with zero attached hydrogens (tertiary/aromatic N) is 3. The maximum Gasteiger partial charge on any atom is 0.253 e.